The Balaban J connectivity index is 1.85. The molecule has 2 rings (SSSR count). The van der Waals surface area contributed by atoms with Crippen LogP contribution < -0.4 is 16.2 Å². The number of piperazine rings is 1. The Bertz CT molecular complexity index is 386. The molecule has 0 amide bonds. The van der Waals surface area contributed by atoms with Crippen molar-refractivity contribution in [3.63, 3.8) is 0 Å². The zero-order valence-electron chi connectivity index (χ0n) is 11.8. The number of rotatable bonds is 5. The Morgan fingerprint density at radius 3 is 2.63 bits per heavy atom. The SMILES string of the molecule is CN(C)CCN1CCN(c2cccc(NN)n2)CC1. The summed E-state index contributed by atoms with van der Waals surface area (Å²) in [6, 6.07) is 5.89. The summed E-state index contributed by atoms with van der Waals surface area (Å²) in [5.74, 6) is 7.11. The highest BCUT2D eigenvalue weighted by Crippen LogP contribution is 2.15. The predicted octanol–water partition coefficient (Wildman–Crippen LogP) is 0.0508. The molecule has 1 fully saturated rings. The third-order valence-corrected chi connectivity index (χ3v) is 3.44. The van der Waals surface area contributed by atoms with E-state index in [0.29, 0.717) is 5.82 Å². The lowest BCUT2D eigenvalue weighted by Gasteiger charge is -2.35. The summed E-state index contributed by atoms with van der Waals surface area (Å²) in [5.41, 5.74) is 2.59. The minimum Gasteiger partial charge on any atom is -0.354 e. The number of aromatic nitrogens is 1. The molecule has 0 unspecified atom stereocenters. The Morgan fingerprint density at radius 2 is 2.00 bits per heavy atom. The summed E-state index contributed by atoms with van der Waals surface area (Å²) in [4.78, 5) is 11.5. The van der Waals surface area contributed by atoms with Crippen LogP contribution in [-0.4, -0.2) is 68.1 Å². The molecule has 0 radical (unpaired) electrons. The molecule has 19 heavy (non-hydrogen) atoms. The second-order valence-electron chi connectivity index (χ2n) is 5.16. The second-order valence-corrected chi connectivity index (χ2v) is 5.16. The molecule has 0 bridgehead atoms. The maximum atomic E-state index is 5.39. The van der Waals surface area contributed by atoms with Crippen LogP contribution in [0.4, 0.5) is 11.6 Å². The molecule has 3 N–H and O–H groups in total. The molecule has 0 saturated carbocycles. The van der Waals surface area contributed by atoms with E-state index >= 15 is 0 Å². The summed E-state index contributed by atoms with van der Waals surface area (Å²) in [6.45, 7) is 6.48. The monoisotopic (exact) mass is 264 g/mol. The van der Waals surface area contributed by atoms with Crippen LogP contribution in [0.5, 0.6) is 0 Å². The first-order chi connectivity index (χ1) is 9.19. The Labute approximate surface area is 115 Å². The molecular weight excluding hydrogens is 240 g/mol. The standard InChI is InChI=1S/C13H24N6/c1-17(2)6-7-18-8-10-19(11-9-18)13-5-3-4-12(15-13)16-14/h3-5H,6-11,14H2,1-2H3,(H,15,16). The molecule has 0 aliphatic carbocycles. The maximum absolute atomic E-state index is 5.39. The summed E-state index contributed by atoms with van der Waals surface area (Å²) < 4.78 is 0. The molecular formula is C13H24N6. The number of pyridine rings is 1. The summed E-state index contributed by atoms with van der Waals surface area (Å²) in [5, 5.41) is 0. The van der Waals surface area contributed by atoms with E-state index in [1.54, 1.807) is 0 Å². The van der Waals surface area contributed by atoms with Crippen LogP contribution in [-0.2, 0) is 0 Å². The lowest BCUT2D eigenvalue weighted by molar-refractivity contribution is 0.229. The predicted molar refractivity (Wildman–Crippen MR) is 79.3 cm³/mol. The summed E-state index contributed by atoms with van der Waals surface area (Å²) in [7, 11) is 4.23. The number of nitrogens with one attached hydrogen (secondary N) is 1. The van der Waals surface area contributed by atoms with Gasteiger partial charge in [0.05, 0.1) is 0 Å². The normalized spacial score (nSPS) is 16.9. The highest BCUT2D eigenvalue weighted by molar-refractivity contribution is 5.46. The lowest BCUT2D eigenvalue weighted by atomic mass is 10.3. The van der Waals surface area contributed by atoms with Gasteiger partial charge in [-0.3, -0.25) is 4.90 Å². The number of likely N-dealkylation sites (N-methyl/N-ethyl adjacent to an activating group) is 1. The average molecular weight is 264 g/mol. The van der Waals surface area contributed by atoms with Crippen molar-refractivity contribution in [2.24, 2.45) is 5.84 Å². The number of nitrogen functional groups attached to an aromatic ring is 1. The van der Waals surface area contributed by atoms with Crippen LogP contribution in [0.2, 0.25) is 0 Å². The molecule has 2 heterocycles. The van der Waals surface area contributed by atoms with Crippen molar-refractivity contribution in [1.29, 1.82) is 0 Å². The number of nitrogens with zero attached hydrogens (tertiary/aromatic N) is 4. The minimum absolute atomic E-state index is 0.715. The van der Waals surface area contributed by atoms with Crippen molar-refractivity contribution < 1.29 is 0 Å². The van der Waals surface area contributed by atoms with E-state index in [1.165, 1.54) is 0 Å². The highest BCUT2D eigenvalue weighted by Gasteiger charge is 2.17. The number of hydrogen-bond acceptors (Lipinski definition) is 6. The smallest absolute Gasteiger partial charge is 0.142 e. The minimum atomic E-state index is 0.715. The fraction of sp³-hybridized carbons (Fsp3) is 0.615. The van der Waals surface area contributed by atoms with Crippen molar-refractivity contribution in [2.75, 3.05) is 63.7 Å². The molecule has 6 nitrogen and oxygen atoms in total. The van der Waals surface area contributed by atoms with Gasteiger partial charge in [-0.15, -0.1) is 0 Å². The van der Waals surface area contributed by atoms with E-state index in [9.17, 15) is 0 Å². The van der Waals surface area contributed by atoms with Gasteiger partial charge in [0.2, 0.25) is 0 Å². The van der Waals surface area contributed by atoms with Crippen molar-refractivity contribution in [2.45, 2.75) is 0 Å². The fourth-order valence-corrected chi connectivity index (χ4v) is 2.22. The van der Waals surface area contributed by atoms with Gasteiger partial charge in [0.1, 0.15) is 11.6 Å². The molecule has 1 saturated heterocycles. The van der Waals surface area contributed by atoms with Crippen LogP contribution >= 0.6 is 0 Å². The van der Waals surface area contributed by atoms with Gasteiger partial charge in [-0.25, -0.2) is 10.8 Å². The first-order valence-corrected chi connectivity index (χ1v) is 6.75. The highest BCUT2D eigenvalue weighted by atomic mass is 15.3. The molecule has 1 aromatic rings. The van der Waals surface area contributed by atoms with Crippen LogP contribution in [0, 0.1) is 0 Å². The maximum Gasteiger partial charge on any atom is 0.142 e. The quantitative estimate of drug-likeness (QED) is 0.579. The van der Waals surface area contributed by atoms with Crippen molar-refractivity contribution in [3.8, 4) is 0 Å². The number of nitrogens with two attached hydrogens (primary N) is 1. The van der Waals surface area contributed by atoms with Gasteiger partial charge in [-0.05, 0) is 26.2 Å². The molecule has 1 aliphatic heterocycles. The summed E-state index contributed by atoms with van der Waals surface area (Å²) >= 11 is 0. The molecule has 1 aromatic heterocycles. The number of hydrogen-bond donors (Lipinski definition) is 2. The first-order valence-electron chi connectivity index (χ1n) is 6.75. The van der Waals surface area contributed by atoms with Crippen molar-refractivity contribution >= 4 is 11.6 Å². The van der Waals surface area contributed by atoms with Crippen molar-refractivity contribution in [3.05, 3.63) is 18.2 Å². The molecule has 0 spiro atoms. The number of anilines is 2. The van der Waals surface area contributed by atoms with Crippen LogP contribution in [0.25, 0.3) is 0 Å². The van der Waals surface area contributed by atoms with Gasteiger partial charge >= 0.3 is 0 Å². The average Bonchev–Trinajstić information content (AvgIpc) is 2.45. The van der Waals surface area contributed by atoms with Gasteiger partial charge in [0.25, 0.3) is 0 Å². The largest absolute Gasteiger partial charge is 0.354 e. The molecule has 0 aromatic carbocycles. The lowest BCUT2D eigenvalue weighted by Crippen LogP contribution is -2.48. The van der Waals surface area contributed by atoms with E-state index in [4.69, 9.17) is 5.84 Å². The van der Waals surface area contributed by atoms with E-state index in [2.05, 4.69) is 39.2 Å². The number of hydrazine groups is 1. The van der Waals surface area contributed by atoms with E-state index in [0.717, 1.165) is 45.1 Å². The first kappa shape index (κ1) is 14.0. The molecule has 106 valence electrons. The fourth-order valence-electron chi connectivity index (χ4n) is 2.22. The van der Waals surface area contributed by atoms with Gasteiger partial charge in [0, 0.05) is 39.3 Å². The second kappa shape index (κ2) is 6.70. The molecule has 6 heteroatoms. The van der Waals surface area contributed by atoms with Crippen molar-refractivity contribution in [1.82, 2.24) is 14.8 Å². The third-order valence-electron chi connectivity index (χ3n) is 3.44. The molecule has 1 aliphatic rings. The zero-order valence-corrected chi connectivity index (χ0v) is 11.8. The third kappa shape index (κ3) is 4.05. The summed E-state index contributed by atoms with van der Waals surface area (Å²) in [6.07, 6.45) is 0. The Morgan fingerprint density at radius 1 is 1.26 bits per heavy atom. The van der Waals surface area contributed by atoms with E-state index in [-0.39, 0.29) is 0 Å². The van der Waals surface area contributed by atoms with E-state index < -0.39 is 0 Å². The topological polar surface area (TPSA) is 60.7 Å². The van der Waals surface area contributed by atoms with Crippen LogP contribution in [0.15, 0.2) is 18.2 Å². The van der Waals surface area contributed by atoms with Gasteiger partial charge in [0.15, 0.2) is 0 Å². The Kier molecular flexibility index (Phi) is 4.95. The van der Waals surface area contributed by atoms with E-state index in [1.807, 2.05) is 18.2 Å². The van der Waals surface area contributed by atoms with Crippen LogP contribution in [0.3, 0.4) is 0 Å². The van der Waals surface area contributed by atoms with Crippen LogP contribution in [0.1, 0.15) is 0 Å². The zero-order chi connectivity index (χ0) is 13.7. The Hall–Kier alpha value is -1.37. The van der Waals surface area contributed by atoms with Gasteiger partial charge in [-0.2, -0.15) is 0 Å². The molecule has 0 atom stereocenters. The van der Waals surface area contributed by atoms with Gasteiger partial charge < -0.3 is 15.2 Å². The van der Waals surface area contributed by atoms with Gasteiger partial charge in [-0.1, -0.05) is 6.07 Å².